The Labute approximate surface area is 113 Å². The second-order valence-corrected chi connectivity index (χ2v) is 10.6. The molecule has 18 heavy (non-hydrogen) atoms. The molecule has 0 aliphatic rings. The lowest BCUT2D eigenvalue weighted by Crippen LogP contribution is -2.56. The molecule has 0 radical (unpaired) electrons. The molecule has 0 unspecified atom stereocenters. The third-order valence-corrected chi connectivity index (χ3v) is 8.91. The number of hydrogen-bond donors (Lipinski definition) is 1. The fraction of sp³-hybridized carbons (Fsp3) is 0.600. The van der Waals surface area contributed by atoms with Crippen molar-refractivity contribution in [2.24, 2.45) is 5.73 Å². The van der Waals surface area contributed by atoms with Crippen LogP contribution in [0.4, 0.5) is 0 Å². The lowest BCUT2D eigenvalue weighted by atomic mass is 10.2. The van der Waals surface area contributed by atoms with E-state index in [1.165, 1.54) is 5.19 Å². The zero-order valence-electron chi connectivity index (χ0n) is 12.4. The third-order valence-electron chi connectivity index (χ3n) is 3.87. The van der Waals surface area contributed by atoms with Crippen LogP contribution in [0.2, 0.25) is 11.6 Å². The smallest absolute Gasteiger partial charge is 0.226 e. The van der Waals surface area contributed by atoms with Crippen molar-refractivity contribution in [2.75, 3.05) is 6.61 Å². The molecule has 0 aliphatic carbocycles. The van der Waals surface area contributed by atoms with Crippen molar-refractivity contribution in [3.63, 3.8) is 0 Å². The maximum absolute atomic E-state index is 6.35. The fourth-order valence-corrected chi connectivity index (χ4v) is 4.72. The van der Waals surface area contributed by atoms with Gasteiger partial charge in [-0.3, -0.25) is 0 Å². The standard InChI is InChI=1S/C15H27NOSi/c1-6-13(16)12-17-18(5,15(2,3)4)14-10-8-7-9-11-14/h7-11,13H,6,12,16H2,1-5H3/t13-,18+/m1/s1. The van der Waals surface area contributed by atoms with E-state index in [9.17, 15) is 0 Å². The Bertz CT molecular complexity index is 361. The lowest BCUT2D eigenvalue weighted by molar-refractivity contribution is 0.265. The van der Waals surface area contributed by atoms with Gasteiger partial charge in [-0.15, -0.1) is 0 Å². The van der Waals surface area contributed by atoms with E-state index in [4.69, 9.17) is 10.2 Å². The van der Waals surface area contributed by atoms with Crippen molar-refractivity contribution in [1.82, 2.24) is 0 Å². The van der Waals surface area contributed by atoms with E-state index in [1.807, 2.05) is 0 Å². The molecule has 0 aliphatic heterocycles. The first-order chi connectivity index (χ1) is 8.31. The van der Waals surface area contributed by atoms with E-state index in [0.717, 1.165) is 6.42 Å². The second kappa shape index (κ2) is 6.00. The minimum Gasteiger partial charge on any atom is -0.411 e. The minimum atomic E-state index is -1.99. The van der Waals surface area contributed by atoms with Crippen molar-refractivity contribution < 1.29 is 4.43 Å². The topological polar surface area (TPSA) is 35.2 Å². The summed E-state index contributed by atoms with van der Waals surface area (Å²) >= 11 is 0. The normalized spacial score (nSPS) is 17.2. The van der Waals surface area contributed by atoms with Crippen molar-refractivity contribution >= 4 is 13.5 Å². The Kier molecular flexibility index (Phi) is 5.14. The van der Waals surface area contributed by atoms with Gasteiger partial charge < -0.3 is 10.2 Å². The summed E-state index contributed by atoms with van der Waals surface area (Å²) in [7, 11) is -1.99. The van der Waals surface area contributed by atoms with Crippen LogP contribution >= 0.6 is 0 Å². The Morgan fingerprint density at radius 2 is 1.78 bits per heavy atom. The zero-order valence-corrected chi connectivity index (χ0v) is 13.4. The average molecular weight is 265 g/mol. The number of hydrogen-bond acceptors (Lipinski definition) is 2. The minimum absolute atomic E-state index is 0.142. The summed E-state index contributed by atoms with van der Waals surface area (Å²) in [4.78, 5) is 0. The molecule has 1 aromatic carbocycles. The van der Waals surface area contributed by atoms with Gasteiger partial charge in [-0.25, -0.2) is 0 Å². The SMILES string of the molecule is CC[C@@H](N)CO[Si@@](C)(c1ccccc1)C(C)(C)C. The summed E-state index contributed by atoms with van der Waals surface area (Å²) in [6.45, 7) is 11.9. The van der Waals surface area contributed by atoms with Gasteiger partial charge in [0.1, 0.15) is 0 Å². The van der Waals surface area contributed by atoms with Gasteiger partial charge >= 0.3 is 0 Å². The Balaban J connectivity index is 2.97. The maximum atomic E-state index is 6.35. The van der Waals surface area contributed by atoms with E-state index >= 15 is 0 Å². The highest BCUT2D eigenvalue weighted by Gasteiger charge is 2.43. The molecule has 0 fully saturated rings. The molecular weight excluding hydrogens is 238 g/mol. The molecule has 0 aromatic heterocycles. The van der Waals surface area contributed by atoms with Crippen LogP contribution < -0.4 is 10.9 Å². The largest absolute Gasteiger partial charge is 0.411 e. The van der Waals surface area contributed by atoms with E-state index in [1.54, 1.807) is 0 Å². The van der Waals surface area contributed by atoms with Crippen molar-refractivity contribution in [1.29, 1.82) is 0 Å². The van der Waals surface area contributed by atoms with Gasteiger partial charge in [0.15, 0.2) is 0 Å². The molecule has 2 atom stereocenters. The monoisotopic (exact) mass is 265 g/mol. The summed E-state index contributed by atoms with van der Waals surface area (Å²) in [6, 6.07) is 10.8. The molecule has 0 bridgehead atoms. The van der Waals surface area contributed by atoms with Crippen LogP contribution in [-0.2, 0) is 4.43 Å². The van der Waals surface area contributed by atoms with E-state index < -0.39 is 8.32 Å². The predicted molar refractivity (Wildman–Crippen MR) is 81.6 cm³/mol. The number of rotatable bonds is 5. The molecule has 2 N–H and O–H groups in total. The van der Waals surface area contributed by atoms with Crippen molar-refractivity contribution in [2.45, 2.75) is 51.7 Å². The van der Waals surface area contributed by atoms with Gasteiger partial charge in [-0.05, 0) is 23.2 Å². The number of nitrogens with two attached hydrogens (primary N) is 1. The van der Waals surface area contributed by atoms with E-state index in [2.05, 4.69) is 64.6 Å². The highest BCUT2D eigenvalue weighted by atomic mass is 28.4. The van der Waals surface area contributed by atoms with Crippen LogP contribution in [0, 0.1) is 0 Å². The molecule has 1 rings (SSSR count). The first-order valence-electron chi connectivity index (χ1n) is 6.76. The van der Waals surface area contributed by atoms with Gasteiger partial charge in [-0.2, -0.15) is 0 Å². The summed E-state index contributed by atoms with van der Waals surface area (Å²) in [6.07, 6.45) is 0.962. The quantitative estimate of drug-likeness (QED) is 0.831. The molecule has 1 aromatic rings. The molecule has 0 saturated heterocycles. The fourth-order valence-electron chi connectivity index (χ4n) is 1.88. The van der Waals surface area contributed by atoms with Gasteiger partial charge in [0, 0.05) is 12.6 Å². The first-order valence-corrected chi connectivity index (χ1v) is 9.17. The molecule has 0 heterocycles. The summed E-state index contributed by atoms with van der Waals surface area (Å²) in [5, 5.41) is 1.50. The van der Waals surface area contributed by atoms with Gasteiger partial charge in [-0.1, -0.05) is 58.0 Å². The first kappa shape index (κ1) is 15.4. The number of benzene rings is 1. The molecule has 2 nitrogen and oxygen atoms in total. The van der Waals surface area contributed by atoms with E-state index in [0.29, 0.717) is 6.61 Å². The van der Waals surface area contributed by atoms with Crippen LogP contribution in [-0.4, -0.2) is 21.0 Å². The van der Waals surface area contributed by atoms with Gasteiger partial charge in [0.05, 0.1) is 0 Å². The Morgan fingerprint density at radius 1 is 1.22 bits per heavy atom. The van der Waals surface area contributed by atoms with Gasteiger partial charge in [0.2, 0.25) is 8.32 Å². The Morgan fingerprint density at radius 3 is 2.22 bits per heavy atom. The third kappa shape index (κ3) is 3.43. The van der Waals surface area contributed by atoms with Crippen LogP contribution in [0.15, 0.2) is 30.3 Å². The van der Waals surface area contributed by atoms with Crippen molar-refractivity contribution in [3.8, 4) is 0 Å². The molecule has 3 heteroatoms. The Hall–Kier alpha value is -0.643. The highest BCUT2D eigenvalue weighted by molar-refractivity contribution is 6.87. The summed E-state index contributed by atoms with van der Waals surface area (Å²) in [5.74, 6) is 0. The molecular formula is C15H27NOSi. The van der Waals surface area contributed by atoms with Crippen LogP contribution in [0.1, 0.15) is 34.1 Å². The van der Waals surface area contributed by atoms with Gasteiger partial charge in [0.25, 0.3) is 0 Å². The molecule has 0 spiro atoms. The molecule has 0 amide bonds. The maximum Gasteiger partial charge on any atom is 0.226 e. The highest BCUT2D eigenvalue weighted by Crippen LogP contribution is 2.36. The van der Waals surface area contributed by atoms with E-state index in [-0.39, 0.29) is 11.1 Å². The summed E-state index contributed by atoms with van der Waals surface area (Å²) < 4.78 is 6.35. The van der Waals surface area contributed by atoms with Crippen LogP contribution in [0.3, 0.4) is 0 Å². The molecule has 0 saturated carbocycles. The molecule has 102 valence electrons. The van der Waals surface area contributed by atoms with Crippen molar-refractivity contribution in [3.05, 3.63) is 30.3 Å². The lowest BCUT2D eigenvalue weighted by Gasteiger charge is -2.40. The zero-order chi connectivity index (χ0) is 13.8. The van der Waals surface area contributed by atoms with Crippen LogP contribution in [0.25, 0.3) is 0 Å². The predicted octanol–water partition coefficient (Wildman–Crippen LogP) is 3.02. The summed E-state index contributed by atoms with van der Waals surface area (Å²) in [5.41, 5.74) is 6.00. The second-order valence-electron chi connectivity index (χ2n) is 6.13. The average Bonchev–Trinajstić information content (AvgIpc) is 2.35. The van der Waals surface area contributed by atoms with Crippen LogP contribution in [0.5, 0.6) is 0 Å².